The summed E-state index contributed by atoms with van der Waals surface area (Å²) in [5.74, 6) is -0.328. The van der Waals surface area contributed by atoms with Crippen LogP contribution in [0.25, 0.3) is 0 Å². The number of aryl methyl sites for hydroxylation is 2. The van der Waals surface area contributed by atoms with E-state index in [2.05, 4.69) is 5.10 Å². The molecule has 0 saturated heterocycles. The number of carboxylic acids is 1. The zero-order valence-corrected chi connectivity index (χ0v) is 12.8. The smallest absolute Gasteiger partial charge is 0.336 e. The number of aromatic carboxylic acids is 1. The monoisotopic (exact) mass is 310 g/mol. The molecular weight excluding hydrogens is 296 g/mol. The minimum absolute atomic E-state index is 0.312. The third kappa shape index (κ3) is 2.99. The quantitative estimate of drug-likeness (QED) is 0.857. The largest absolute Gasteiger partial charge is 0.478 e. The molecule has 0 spiro atoms. The first-order valence-corrected chi connectivity index (χ1v) is 7.56. The lowest BCUT2D eigenvalue weighted by molar-refractivity contribution is 0.0693. The van der Waals surface area contributed by atoms with Crippen molar-refractivity contribution in [1.82, 2.24) is 9.78 Å². The van der Waals surface area contributed by atoms with Gasteiger partial charge in [0.15, 0.2) is 0 Å². The molecule has 1 aromatic heterocycles. The Labute approximate surface area is 126 Å². The molecule has 0 fully saturated rings. The van der Waals surface area contributed by atoms with Crippen molar-refractivity contribution in [2.45, 2.75) is 24.0 Å². The van der Waals surface area contributed by atoms with Gasteiger partial charge in [0, 0.05) is 17.7 Å². The van der Waals surface area contributed by atoms with E-state index in [1.54, 1.807) is 22.9 Å². The summed E-state index contributed by atoms with van der Waals surface area (Å²) in [6.45, 7) is 2.00. The van der Waals surface area contributed by atoms with Crippen LogP contribution in [-0.2, 0) is 19.2 Å². The summed E-state index contributed by atoms with van der Waals surface area (Å²) in [4.78, 5) is 11.9. The van der Waals surface area contributed by atoms with Crippen LogP contribution in [0.4, 0.5) is 0 Å². The van der Waals surface area contributed by atoms with Gasteiger partial charge in [-0.3, -0.25) is 4.68 Å². The number of aromatic nitrogens is 2. The molecule has 0 unspecified atom stereocenters. The Bertz CT molecular complexity index is 640. The van der Waals surface area contributed by atoms with Gasteiger partial charge in [-0.2, -0.15) is 5.10 Å². The molecule has 0 saturated carbocycles. The lowest BCUT2D eigenvalue weighted by atomic mass is 10.2. The SMILES string of the molecule is CCc1nn(C)c(CSc2ccccc2C(=O)O)c1Cl. The van der Waals surface area contributed by atoms with Crippen LogP contribution in [0.5, 0.6) is 0 Å². The molecule has 0 amide bonds. The first kappa shape index (κ1) is 14.9. The van der Waals surface area contributed by atoms with E-state index in [-0.39, 0.29) is 0 Å². The molecule has 4 nitrogen and oxygen atoms in total. The maximum atomic E-state index is 11.2. The fourth-order valence-electron chi connectivity index (χ4n) is 1.89. The Morgan fingerprint density at radius 3 is 2.75 bits per heavy atom. The Balaban J connectivity index is 2.21. The number of carbonyl (C=O) groups is 1. The summed E-state index contributed by atoms with van der Waals surface area (Å²) in [5.41, 5.74) is 2.09. The highest BCUT2D eigenvalue weighted by atomic mass is 35.5. The van der Waals surface area contributed by atoms with E-state index in [0.717, 1.165) is 22.7 Å². The van der Waals surface area contributed by atoms with Crippen molar-refractivity contribution < 1.29 is 9.90 Å². The lowest BCUT2D eigenvalue weighted by Gasteiger charge is -2.06. The summed E-state index contributed by atoms with van der Waals surface area (Å²) in [6.07, 6.45) is 0.781. The highest BCUT2D eigenvalue weighted by Crippen LogP contribution is 2.30. The summed E-state index contributed by atoms with van der Waals surface area (Å²) in [6, 6.07) is 6.96. The minimum Gasteiger partial charge on any atom is -0.478 e. The van der Waals surface area contributed by atoms with Gasteiger partial charge in [0.25, 0.3) is 0 Å². The number of nitrogens with zero attached hydrogens (tertiary/aromatic N) is 2. The van der Waals surface area contributed by atoms with Crippen molar-refractivity contribution in [3.8, 4) is 0 Å². The van der Waals surface area contributed by atoms with Gasteiger partial charge >= 0.3 is 5.97 Å². The number of hydrogen-bond donors (Lipinski definition) is 1. The van der Waals surface area contributed by atoms with Gasteiger partial charge in [-0.15, -0.1) is 11.8 Å². The maximum absolute atomic E-state index is 11.2. The standard InChI is InChI=1S/C14H15ClN2O2S/c1-3-10-13(15)11(17(2)16-10)8-20-12-7-5-4-6-9(12)14(18)19/h4-7H,3,8H2,1-2H3,(H,18,19). The molecule has 1 N–H and O–H groups in total. The van der Waals surface area contributed by atoms with Crippen LogP contribution in [0.1, 0.15) is 28.7 Å². The van der Waals surface area contributed by atoms with Crippen LogP contribution in [0.3, 0.4) is 0 Å². The third-order valence-electron chi connectivity index (χ3n) is 2.98. The van der Waals surface area contributed by atoms with E-state index in [1.807, 2.05) is 20.0 Å². The Hall–Kier alpha value is -1.46. The number of carboxylic acid groups (broad SMARTS) is 1. The predicted octanol–water partition coefficient (Wildman–Crippen LogP) is 3.63. The molecule has 0 aliphatic carbocycles. The Morgan fingerprint density at radius 2 is 2.15 bits per heavy atom. The molecule has 20 heavy (non-hydrogen) atoms. The highest BCUT2D eigenvalue weighted by molar-refractivity contribution is 7.98. The van der Waals surface area contributed by atoms with E-state index in [0.29, 0.717) is 16.3 Å². The van der Waals surface area contributed by atoms with Crippen LogP contribution in [-0.4, -0.2) is 20.9 Å². The molecule has 2 aromatic rings. The third-order valence-corrected chi connectivity index (χ3v) is 4.51. The molecule has 0 atom stereocenters. The molecular formula is C14H15ClN2O2S. The summed E-state index contributed by atoms with van der Waals surface area (Å²) in [5, 5.41) is 14.2. The summed E-state index contributed by atoms with van der Waals surface area (Å²) < 4.78 is 1.76. The molecule has 0 aliphatic heterocycles. The molecule has 2 rings (SSSR count). The number of rotatable bonds is 5. The number of thioether (sulfide) groups is 1. The van der Waals surface area contributed by atoms with Crippen LogP contribution >= 0.6 is 23.4 Å². The van der Waals surface area contributed by atoms with Gasteiger partial charge in [0.2, 0.25) is 0 Å². The number of halogens is 1. The van der Waals surface area contributed by atoms with E-state index >= 15 is 0 Å². The predicted molar refractivity (Wildman–Crippen MR) is 80.6 cm³/mol. The molecule has 106 valence electrons. The number of benzene rings is 1. The fraction of sp³-hybridized carbons (Fsp3) is 0.286. The molecule has 1 aromatic carbocycles. The van der Waals surface area contributed by atoms with E-state index < -0.39 is 5.97 Å². The van der Waals surface area contributed by atoms with Gasteiger partial charge in [0.05, 0.1) is 22.0 Å². The second kappa shape index (κ2) is 6.33. The van der Waals surface area contributed by atoms with Crippen molar-refractivity contribution in [2.75, 3.05) is 0 Å². The highest BCUT2D eigenvalue weighted by Gasteiger charge is 2.15. The van der Waals surface area contributed by atoms with Crippen LogP contribution < -0.4 is 0 Å². The average molecular weight is 311 g/mol. The summed E-state index contributed by atoms with van der Waals surface area (Å²) >= 11 is 7.74. The van der Waals surface area contributed by atoms with Crippen molar-refractivity contribution >= 4 is 29.3 Å². The maximum Gasteiger partial charge on any atom is 0.336 e. The molecule has 1 heterocycles. The number of hydrogen-bond acceptors (Lipinski definition) is 3. The zero-order valence-electron chi connectivity index (χ0n) is 11.3. The Morgan fingerprint density at radius 1 is 1.45 bits per heavy atom. The fourth-order valence-corrected chi connectivity index (χ4v) is 3.44. The van der Waals surface area contributed by atoms with Gasteiger partial charge in [-0.1, -0.05) is 30.7 Å². The van der Waals surface area contributed by atoms with E-state index in [9.17, 15) is 4.79 Å². The molecule has 0 radical (unpaired) electrons. The molecule has 6 heteroatoms. The summed E-state index contributed by atoms with van der Waals surface area (Å²) in [7, 11) is 1.85. The molecule has 0 bridgehead atoms. The van der Waals surface area contributed by atoms with Crippen molar-refractivity contribution in [2.24, 2.45) is 7.05 Å². The van der Waals surface area contributed by atoms with Crippen LogP contribution in [0.15, 0.2) is 29.2 Å². The first-order valence-electron chi connectivity index (χ1n) is 6.20. The molecule has 0 aliphatic rings. The normalized spacial score (nSPS) is 10.8. The van der Waals surface area contributed by atoms with E-state index in [1.165, 1.54) is 11.8 Å². The van der Waals surface area contributed by atoms with Gasteiger partial charge in [-0.05, 0) is 18.6 Å². The average Bonchev–Trinajstić information content (AvgIpc) is 2.71. The van der Waals surface area contributed by atoms with Crippen LogP contribution in [0.2, 0.25) is 5.02 Å². The van der Waals surface area contributed by atoms with Gasteiger partial charge < -0.3 is 5.11 Å². The van der Waals surface area contributed by atoms with Crippen molar-refractivity contribution in [3.63, 3.8) is 0 Å². The van der Waals surface area contributed by atoms with E-state index in [4.69, 9.17) is 16.7 Å². The second-order valence-corrected chi connectivity index (χ2v) is 5.67. The van der Waals surface area contributed by atoms with Crippen LogP contribution in [0, 0.1) is 0 Å². The zero-order chi connectivity index (χ0) is 14.7. The minimum atomic E-state index is -0.918. The Kier molecular flexibility index (Phi) is 4.73. The lowest BCUT2D eigenvalue weighted by Crippen LogP contribution is -2.00. The second-order valence-electron chi connectivity index (χ2n) is 4.27. The van der Waals surface area contributed by atoms with Crippen molar-refractivity contribution in [3.05, 3.63) is 46.2 Å². The van der Waals surface area contributed by atoms with Gasteiger partial charge in [0.1, 0.15) is 0 Å². The van der Waals surface area contributed by atoms with Crippen molar-refractivity contribution in [1.29, 1.82) is 0 Å². The first-order chi connectivity index (χ1) is 9.54. The van der Waals surface area contributed by atoms with Gasteiger partial charge in [-0.25, -0.2) is 4.79 Å². The topological polar surface area (TPSA) is 55.1 Å².